The van der Waals surface area contributed by atoms with Gasteiger partial charge in [-0.3, -0.25) is 0 Å². The SMILES string of the molecule is CCOc1ccc(C2=NN3C(C2)c2ccccc2OC3c2ccc(OCC)c(OC)c2)cc1. The summed E-state index contributed by atoms with van der Waals surface area (Å²) in [5, 5.41) is 7.11. The summed E-state index contributed by atoms with van der Waals surface area (Å²) >= 11 is 0. The normalized spacial score (nSPS) is 18.6. The number of nitrogens with zero attached hydrogens (tertiary/aromatic N) is 2. The maximum Gasteiger partial charge on any atom is 0.214 e. The van der Waals surface area contributed by atoms with Crippen LogP contribution in [0.15, 0.2) is 71.8 Å². The fraction of sp³-hybridized carbons (Fsp3) is 0.296. The van der Waals surface area contributed by atoms with Crippen LogP contribution >= 0.6 is 0 Å². The molecule has 3 aromatic rings. The molecule has 0 amide bonds. The van der Waals surface area contributed by atoms with Gasteiger partial charge in [0, 0.05) is 17.5 Å². The van der Waals surface area contributed by atoms with Crippen molar-refractivity contribution in [2.24, 2.45) is 5.10 Å². The summed E-state index contributed by atoms with van der Waals surface area (Å²) in [6.07, 6.45) is 0.439. The summed E-state index contributed by atoms with van der Waals surface area (Å²) in [7, 11) is 1.65. The lowest BCUT2D eigenvalue weighted by molar-refractivity contribution is -0.0191. The molecule has 0 N–H and O–H groups in total. The molecule has 0 radical (unpaired) electrons. The van der Waals surface area contributed by atoms with Crippen molar-refractivity contribution in [2.75, 3.05) is 20.3 Å². The van der Waals surface area contributed by atoms with E-state index in [9.17, 15) is 0 Å². The Labute approximate surface area is 194 Å². The van der Waals surface area contributed by atoms with E-state index in [0.717, 1.165) is 46.1 Å². The molecular weight excluding hydrogens is 416 g/mol. The van der Waals surface area contributed by atoms with Crippen LogP contribution in [0.5, 0.6) is 23.0 Å². The predicted molar refractivity (Wildman–Crippen MR) is 127 cm³/mol. The average molecular weight is 445 g/mol. The third kappa shape index (κ3) is 3.97. The van der Waals surface area contributed by atoms with E-state index in [1.165, 1.54) is 0 Å². The van der Waals surface area contributed by atoms with Crippen LogP contribution in [0.2, 0.25) is 0 Å². The first-order valence-electron chi connectivity index (χ1n) is 11.4. The number of ether oxygens (including phenoxy) is 4. The molecule has 2 aliphatic heterocycles. The molecule has 0 saturated carbocycles. The summed E-state index contributed by atoms with van der Waals surface area (Å²) < 4.78 is 23.3. The number of hydrazone groups is 1. The van der Waals surface area contributed by atoms with E-state index < -0.39 is 0 Å². The molecule has 0 spiro atoms. The second-order valence-corrected chi connectivity index (χ2v) is 7.96. The highest BCUT2D eigenvalue weighted by Gasteiger charge is 2.41. The largest absolute Gasteiger partial charge is 0.494 e. The monoisotopic (exact) mass is 444 g/mol. The van der Waals surface area contributed by atoms with E-state index in [4.69, 9.17) is 24.0 Å². The van der Waals surface area contributed by atoms with Gasteiger partial charge in [-0.05, 0) is 67.9 Å². The highest BCUT2D eigenvalue weighted by molar-refractivity contribution is 6.02. The Kier molecular flexibility index (Phi) is 5.82. The fourth-order valence-corrected chi connectivity index (χ4v) is 4.45. The molecule has 2 unspecified atom stereocenters. The molecule has 0 fully saturated rings. The molecule has 170 valence electrons. The van der Waals surface area contributed by atoms with Crippen molar-refractivity contribution < 1.29 is 18.9 Å². The third-order valence-electron chi connectivity index (χ3n) is 5.97. The molecule has 6 heteroatoms. The number of hydrogen-bond acceptors (Lipinski definition) is 6. The van der Waals surface area contributed by atoms with Crippen LogP contribution in [-0.4, -0.2) is 31.0 Å². The lowest BCUT2D eigenvalue weighted by atomic mass is 9.96. The first-order valence-corrected chi connectivity index (χ1v) is 11.4. The van der Waals surface area contributed by atoms with Gasteiger partial charge in [0.15, 0.2) is 11.5 Å². The van der Waals surface area contributed by atoms with Gasteiger partial charge in [0.05, 0.1) is 32.1 Å². The number of para-hydroxylation sites is 1. The molecule has 3 aromatic carbocycles. The van der Waals surface area contributed by atoms with E-state index in [0.29, 0.717) is 19.0 Å². The van der Waals surface area contributed by atoms with Gasteiger partial charge >= 0.3 is 0 Å². The standard InChI is InChI=1S/C27H28N2O4/c1-4-31-20-13-10-18(11-14-20)22-17-23-21-8-6-7-9-24(21)33-27(29(23)28-22)19-12-15-25(32-5-2)26(16-19)30-3/h6-16,23,27H,4-5,17H2,1-3H3. The summed E-state index contributed by atoms with van der Waals surface area (Å²) in [5.41, 5.74) is 4.24. The van der Waals surface area contributed by atoms with E-state index in [-0.39, 0.29) is 12.3 Å². The first-order chi connectivity index (χ1) is 16.2. The lowest BCUT2D eigenvalue weighted by Crippen LogP contribution is -2.33. The Morgan fingerprint density at radius 3 is 2.48 bits per heavy atom. The van der Waals surface area contributed by atoms with Gasteiger partial charge in [-0.1, -0.05) is 18.2 Å². The van der Waals surface area contributed by atoms with Gasteiger partial charge in [0.2, 0.25) is 6.23 Å². The van der Waals surface area contributed by atoms with Gasteiger partial charge in [0.1, 0.15) is 11.5 Å². The third-order valence-corrected chi connectivity index (χ3v) is 5.97. The Morgan fingerprint density at radius 1 is 0.939 bits per heavy atom. The molecule has 0 bridgehead atoms. The van der Waals surface area contributed by atoms with Crippen molar-refractivity contribution in [2.45, 2.75) is 32.5 Å². The molecule has 0 aliphatic carbocycles. The van der Waals surface area contributed by atoms with Crippen molar-refractivity contribution in [3.63, 3.8) is 0 Å². The Bertz CT molecular complexity index is 1160. The summed E-state index contributed by atoms with van der Waals surface area (Å²) in [6.45, 7) is 5.17. The molecule has 33 heavy (non-hydrogen) atoms. The number of hydrogen-bond donors (Lipinski definition) is 0. The number of benzene rings is 3. The van der Waals surface area contributed by atoms with E-state index in [1.807, 2.05) is 56.3 Å². The zero-order chi connectivity index (χ0) is 22.8. The topological polar surface area (TPSA) is 52.5 Å². The molecule has 5 rings (SSSR count). The zero-order valence-corrected chi connectivity index (χ0v) is 19.2. The molecule has 2 heterocycles. The molecule has 0 saturated heterocycles. The highest BCUT2D eigenvalue weighted by Crippen LogP contribution is 2.48. The maximum atomic E-state index is 6.47. The van der Waals surface area contributed by atoms with Crippen LogP contribution in [0.25, 0.3) is 0 Å². The summed E-state index contributed by atoms with van der Waals surface area (Å²) in [5.74, 6) is 3.16. The quantitative estimate of drug-likeness (QED) is 0.465. The van der Waals surface area contributed by atoms with Crippen molar-refractivity contribution >= 4 is 5.71 Å². The Balaban J connectivity index is 1.52. The molecule has 0 aromatic heterocycles. The maximum absolute atomic E-state index is 6.47. The van der Waals surface area contributed by atoms with Crippen molar-refractivity contribution in [1.29, 1.82) is 0 Å². The van der Waals surface area contributed by atoms with Crippen LogP contribution in [0.4, 0.5) is 0 Å². The van der Waals surface area contributed by atoms with Gasteiger partial charge in [-0.25, -0.2) is 5.01 Å². The summed E-state index contributed by atoms with van der Waals surface area (Å²) in [4.78, 5) is 0. The van der Waals surface area contributed by atoms with Crippen molar-refractivity contribution in [3.05, 3.63) is 83.4 Å². The minimum atomic E-state index is -0.366. The van der Waals surface area contributed by atoms with Gasteiger partial charge < -0.3 is 18.9 Å². The average Bonchev–Trinajstić information content (AvgIpc) is 3.30. The van der Waals surface area contributed by atoms with E-state index in [1.54, 1.807) is 7.11 Å². The highest BCUT2D eigenvalue weighted by atomic mass is 16.5. The number of methoxy groups -OCH3 is 1. The van der Waals surface area contributed by atoms with Crippen molar-refractivity contribution in [3.8, 4) is 23.0 Å². The molecular formula is C27H28N2O4. The second-order valence-electron chi connectivity index (χ2n) is 7.96. The van der Waals surface area contributed by atoms with Crippen LogP contribution in [0.1, 0.15) is 49.2 Å². The Morgan fingerprint density at radius 2 is 1.73 bits per heavy atom. The van der Waals surface area contributed by atoms with Crippen molar-refractivity contribution in [1.82, 2.24) is 5.01 Å². The van der Waals surface area contributed by atoms with Crippen LogP contribution in [-0.2, 0) is 0 Å². The molecule has 2 atom stereocenters. The molecule has 6 nitrogen and oxygen atoms in total. The number of fused-ring (bicyclic) bond motifs is 3. The summed E-state index contributed by atoms with van der Waals surface area (Å²) in [6, 6.07) is 22.4. The smallest absolute Gasteiger partial charge is 0.214 e. The molecule has 2 aliphatic rings. The van der Waals surface area contributed by atoms with Gasteiger partial charge in [0.25, 0.3) is 0 Å². The van der Waals surface area contributed by atoms with Crippen LogP contribution in [0.3, 0.4) is 0 Å². The van der Waals surface area contributed by atoms with Crippen LogP contribution < -0.4 is 18.9 Å². The van der Waals surface area contributed by atoms with E-state index in [2.05, 4.69) is 29.3 Å². The van der Waals surface area contributed by atoms with Crippen LogP contribution in [0, 0.1) is 0 Å². The number of rotatable bonds is 7. The second kappa shape index (κ2) is 9.06. The van der Waals surface area contributed by atoms with Gasteiger partial charge in [-0.2, -0.15) is 5.10 Å². The minimum absolute atomic E-state index is 0.0964. The minimum Gasteiger partial charge on any atom is -0.494 e. The van der Waals surface area contributed by atoms with E-state index >= 15 is 0 Å². The fourth-order valence-electron chi connectivity index (χ4n) is 4.45. The lowest BCUT2D eigenvalue weighted by Gasteiger charge is -2.38. The predicted octanol–water partition coefficient (Wildman–Crippen LogP) is 5.73. The first kappa shape index (κ1) is 21.2. The van der Waals surface area contributed by atoms with Gasteiger partial charge in [-0.15, -0.1) is 0 Å². The zero-order valence-electron chi connectivity index (χ0n) is 19.2. The Hall–Kier alpha value is -3.67.